The number of nitrogens with one attached hydrogen (secondary N) is 2. The standard InChI is InChI=1S/C9H13N9OS3/c1-2-3-20-9-17-15-7(22-9)12-5(19)4-21-8-16-14-6(13-10)18(8)11/h2H,1,3-4,10-11H2,(H,13,14)(H,12,15,19). The normalized spacial score (nSPS) is 10.4. The average molecular weight is 359 g/mol. The van der Waals surface area contributed by atoms with E-state index in [1.165, 1.54) is 23.1 Å². The van der Waals surface area contributed by atoms with Crippen molar-refractivity contribution < 1.29 is 4.79 Å². The smallest absolute Gasteiger partial charge is 0.258 e. The molecule has 22 heavy (non-hydrogen) atoms. The van der Waals surface area contributed by atoms with Gasteiger partial charge in [-0.3, -0.25) is 15.5 Å². The fourth-order valence-electron chi connectivity index (χ4n) is 1.21. The molecular formula is C9H13N9OS3. The number of amides is 1. The minimum Gasteiger partial charge on any atom is -0.334 e. The zero-order valence-electron chi connectivity index (χ0n) is 11.2. The van der Waals surface area contributed by atoms with Gasteiger partial charge in [-0.2, -0.15) is 0 Å². The van der Waals surface area contributed by atoms with Gasteiger partial charge in [0.2, 0.25) is 16.2 Å². The van der Waals surface area contributed by atoms with Crippen molar-refractivity contribution in [3.63, 3.8) is 0 Å². The number of hydrogen-bond acceptors (Lipinski definition) is 11. The molecule has 1 amide bonds. The molecule has 118 valence electrons. The van der Waals surface area contributed by atoms with Crippen LogP contribution in [0.25, 0.3) is 0 Å². The summed E-state index contributed by atoms with van der Waals surface area (Å²) < 4.78 is 1.93. The molecule has 2 heterocycles. The lowest BCUT2D eigenvalue weighted by molar-refractivity contribution is -0.113. The van der Waals surface area contributed by atoms with Crippen molar-refractivity contribution in [2.45, 2.75) is 9.50 Å². The van der Waals surface area contributed by atoms with E-state index in [-0.39, 0.29) is 17.6 Å². The molecule has 0 aromatic carbocycles. The Balaban J connectivity index is 1.83. The Bertz CT molecular complexity index is 655. The second kappa shape index (κ2) is 7.98. The summed E-state index contributed by atoms with van der Waals surface area (Å²) in [5, 5.41) is 18.8. The number of nitrogens with two attached hydrogens (primary N) is 2. The number of hydrogen-bond donors (Lipinski definition) is 4. The quantitative estimate of drug-likeness (QED) is 0.168. The minimum atomic E-state index is -0.244. The third-order valence-corrected chi connectivity index (χ3v) is 5.01. The summed E-state index contributed by atoms with van der Waals surface area (Å²) in [6.45, 7) is 3.63. The molecule has 0 saturated heterocycles. The first kappa shape index (κ1) is 16.5. The number of hydrazine groups is 1. The molecule has 10 nitrogen and oxygen atoms in total. The fraction of sp³-hybridized carbons (Fsp3) is 0.222. The monoisotopic (exact) mass is 359 g/mol. The first-order valence-electron chi connectivity index (χ1n) is 5.81. The summed E-state index contributed by atoms with van der Waals surface area (Å²) in [5.41, 5.74) is 2.29. The van der Waals surface area contributed by atoms with Crippen LogP contribution >= 0.6 is 34.9 Å². The van der Waals surface area contributed by atoms with Gasteiger partial charge >= 0.3 is 0 Å². The van der Waals surface area contributed by atoms with Crippen LogP contribution in [-0.4, -0.2) is 42.5 Å². The predicted octanol–water partition coefficient (Wildman–Crippen LogP) is 0.138. The van der Waals surface area contributed by atoms with Crippen molar-refractivity contribution in [2.75, 3.05) is 28.1 Å². The SMILES string of the molecule is C=CCSc1nnc(NC(=O)CSc2nnc(NN)n2N)s1. The summed E-state index contributed by atoms with van der Waals surface area (Å²) >= 11 is 3.93. The van der Waals surface area contributed by atoms with Crippen molar-refractivity contribution in [3.05, 3.63) is 12.7 Å². The predicted molar refractivity (Wildman–Crippen MR) is 88.2 cm³/mol. The van der Waals surface area contributed by atoms with Crippen LogP contribution in [0.2, 0.25) is 0 Å². The molecule has 0 aliphatic carbocycles. The number of aromatic nitrogens is 5. The number of carbonyl (C=O) groups excluding carboxylic acids is 1. The highest BCUT2D eigenvalue weighted by molar-refractivity contribution is 8.01. The van der Waals surface area contributed by atoms with E-state index in [0.29, 0.717) is 10.3 Å². The zero-order chi connectivity index (χ0) is 15.9. The number of carbonyl (C=O) groups is 1. The van der Waals surface area contributed by atoms with E-state index < -0.39 is 0 Å². The maximum atomic E-state index is 11.8. The Kier molecular flexibility index (Phi) is 6.00. The Morgan fingerprint density at radius 2 is 2.18 bits per heavy atom. The van der Waals surface area contributed by atoms with Gasteiger partial charge in [0.1, 0.15) is 0 Å². The largest absolute Gasteiger partial charge is 0.334 e. The average Bonchev–Trinajstić information content (AvgIpc) is 3.09. The molecule has 2 aromatic rings. The number of anilines is 2. The van der Waals surface area contributed by atoms with Crippen molar-refractivity contribution in [1.82, 2.24) is 25.1 Å². The highest BCUT2D eigenvalue weighted by Gasteiger charge is 2.13. The van der Waals surface area contributed by atoms with Crippen LogP contribution in [0.4, 0.5) is 11.1 Å². The molecule has 0 fully saturated rings. The fourth-order valence-corrected chi connectivity index (χ4v) is 3.39. The first-order valence-corrected chi connectivity index (χ1v) is 8.59. The van der Waals surface area contributed by atoms with E-state index >= 15 is 0 Å². The maximum Gasteiger partial charge on any atom is 0.258 e. The lowest BCUT2D eigenvalue weighted by Crippen LogP contribution is -2.19. The van der Waals surface area contributed by atoms with E-state index in [9.17, 15) is 4.79 Å². The second-order valence-corrected chi connectivity index (χ2v) is 6.82. The van der Waals surface area contributed by atoms with Crippen molar-refractivity contribution in [3.8, 4) is 0 Å². The molecular weight excluding hydrogens is 346 g/mol. The van der Waals surface area contributed by atoms with Gasteiger partial charge in [0, 0.05) is 5.75 Å². The highest BCUT2D eigenvalue weighted by atomic mass is 32.2. The van der Waals surface area contributed by atoms with Crippen molar-refractivity contribution >= 4 is 51.8 Å². The molecule has 0 unspecified atom stereocenters. The number of thioether (sulfide) groups is 2. The van der Waals surface area contributed by atoms with Gasteiger partial charge in [-0.1, -0.05) is 40.9 Å². The summed E-state index contributed by atoms with van der Waals surface area (Å²) in [6, 6.07) is 0. The molecule has 0 radical (unpaired) electrons. The first-order chi connectivity index (χ1) is 10.6. The van der Waals surface area contributed by atoms with Crippen LogP contribution in [0.15, 0.2) is 22.2 Å². The Labute approximate surface area is 138 Å². The van der Waals surface area contributed by atoms with E-state index in [2.05, 4.69) is 37.7 Å². The van der Waals surface area contributed by atoms with Crippen LogP contribution < -0.4 is 22.4 Å². The third kappa shape index (κ3) is 4.33. The van der Waals surface area contributed by atoms with Gasteiger partial charge in [-0.15, -0.1) is 27.0 Å². The molecule has 6 N–H and O–H groups in total. The van der Waals surface area contributed by atoms with Gasteiger partial charge in [-0.25, -0.2) is 10.5 Å². The van der Waals surface area contributed by atoms with Gasteiger partial charge in [0.05, 0.1) is 5.75 Å². The molecule has 13 heteroatoms. The Morgan fingerprint density at radius 1 is 1.36 bits per heavy atom. The lowest BCUT2D eigenvalue weighted by Gasteiger charge is -2.02. The molecule has 0 aliphatic heterocycles. The van der Waals surface area contributed by atoms with Crippen LogP contribution in [0, 0.1) is 0 Å². The summed E-state index contributed by atoms with van der Waals surface area (Å²) in [6.07, 6.45) is 1.77. The summed E-state index contributed by atoms with van der Waals surface area (Å²) in [7, 11) is 0. The van der Waals surface area contributed by atoms with E-state index in [0.717, 1.165) is 26.5 Å². The number of nitrogens with zero attached hydrogens (tertiary/aromatic N) is 5. The third-order valence-electron chi connectivity index (χ3n) is 2.10. The number of nitrogen functional groups attached to an aromatic ring is 2. The number of rotatable bonds is 8. The minimum absolute atomic E-state index is 0.106. The Hall–Kier alpha value is -1.83. The lowest BCUT2D eigenvalue weighted by atomic mass is 10.7. The van der Waals surface area contributed by atoms with Crippen LogP contribution in [0.5, 0.6) is 0 Å². The molecule has 2 aromatic heterocycles. The maximum absolute atomic E-state index is 11.8. The van der Waals surface area contributed by atoms with Gasteiger partial charge in [-0.05, 0) is 0 Å². The van der Waals surface area contributed by atoms with E-state index in [4.69, 9.17) is 11.7 Å². The van der Waals surface area contributed by atoms with Gasteiger partial charge in [0.25, 0.3) is 5.95 Å². The van der Waals surface area contributed by atoms with Crippen molar-refractivity contribution in [1.29, 1.82) is 0 Å². The molecule has 0 atom stereocenters. The molecule has 0 bridgehead atoms. The molecule has 0 aliphatic rings. The molecule has 0 saturated carbocycles. The van der Waals surface area contributed by atoms with Crippen LogP contribution in [-0.2, 0) is 4.79 Å². The van der Waals surface area contributed by atoms with Crippen LogP contribution in [0.1, 0.15) is 0 Å². The van der Waals surface area contributed by atoms with Gasteiger partial charge < -0.3 is 5.84 Å². The summed E-state index contributed by atoms with van der Waals surface area (Å²) in [4.78, 5) is 11.8. The Morgan fingerprint density at radius 3 is 2.86 bits per heavy atom. The second-order valence-electron chi connectivity index (χ2n) is 3.63. The van der Waals surface area contributed by atoms with Gasteiger partial charge in [0.15, 0.2) is 4.34 Å². The highest BCUT2D eigenvalue weighted by Crippen LogP contribution is 2.25. The van der Waals surface area contributed by atoms with Crippen LogP contribution in [0.3, 0.4) is 0 Å². The zero-order valence-corrected chi connectivity index (χ0v) is 13.7. The van der Waals surface area contributed by atoms with Crippen molar-refractivity contribution in [2.24, 2.45) is 5.84 Å². The topological polar surface area (TPSA) is 150 Å². The molecule has 2 rings (SSSR count). The van der Waals surface area contributed by atoms with E-state index in [1.807, 2.05) is 0 Å². The van der Waals surface area contributed by atoms with E-state index in [1.54, 1.807) is 6.08 Å². The summed E-state index contributed by atoms with van der Waals surface area (Å²) in [5.74, 6) is 11.7. The molecule has 0 spiro atoms.